The second-order valence-electron chi connectivity index (χ2n) is 3.08. The lowest BCUT2D eigenvalue weighted by molar-refractivity contribution is 0.625. The molecule has 0 fully saturated rings. The first-order valence-electron chi connectivity index (χ1n) is 4.39. The Morgan fingerprint density at radius 2 is 1.92 bits per heavy atom. The van der Waals surface area contributed by atoms with Crippen LogP contribution >= 0.6 is 0 Å². The second kappa shape index (κ2) is 4.67. The van der Waals surface area contributed by atoms with Gasteiger partial charge in [-0.05, 0) is 30.5 Å². The van der Waals surface area contributed by atoms with Crippen molar-refractivity contribution in [2.45, 2.75) is 26.2 Å². The highest BCUT2D eigenvalue weighted by Crippen LogP contribution is 2.18. The highest BCUT2D eigenvalue weighted by atomic mass is 19.1. The van der Waals surface area contributed by atoms with Crippen LogP contribution in [-0.4, -0.2) is 0 Å². The molecule has 0 aliphatic heterocycles. The molecule has 68 valence electrons. The van der Waals surface area contributed by atoms with Gasteiger partial charge in [0.05, 0.1) is 0 Å². The van der Waals surface area contributed by atoms with E-state index >= 15 is 0 Å². The summed E-state index contributed by atoms with van der Waals surface area (Å²) in [4.78, 5) is 0. The molecular weight excluding hydrogens is 163 g/mol. The number of halogens is 1. The Balaban J connectivity index is 2.69. The molecular formula is C12H13F. The van der Waals surface area contributed by atoms with E-state index in [9.17, 15) is 4.39 Å². The summed E-state index contributed by atoms with van der Waals surface area (Å²) in [6, 6.07) is 6.62. The lowest BCUT2D eigenvalue weighted by Gasteiger charge is -2.07. The van der Waals surface area contributed by atoms with E-state index in [-0.39, 0.29) is 5.82 Å². The molecule has 1 aromatic rings. The largest absolute Gasteiger partial charge is 0.207 e. The molecule has 0 aromatic heterocycles. The van der Waals surface area contributed by atoms with Crippen LogP contribution in [-0.2, 0) is 0 Å². The summed E-state index contributed by atoms with van der Waals surface area (Å²) in [5.41, 5.74) is 1.14. The lowest BCUT2D eigenvalue weighted by Crippen LogP contribution is -1.91. The van der Waals surface area contributed by atoms with E-state index < -0.39 is 0 Å². The van der Waals surface area contributed by atoms with Crippen LogP contribution in [0.4, 0.5) is 4.39 Å². The van der Waals surface area contributed by atoms with Crippen LogP contribution in [0.1, 0.15) is 31.7 Å². The van der Waals surface area contributed by atoms with Crippen molar-refractivity contribution in [3.63, 3.8) is 0 Å². The first-order chi connectivity index (χ1) is 6.24. The fraction of sp³-hybridized carbons (Fsp3) is 0.333. The minimum Gasteiger partial charge on any atom is -0.207 e. The molecule has 0 N–H and O–H groups in total. The molecule has 0 bridgehead atoms. The molecule has 0 saturated heterocycles. The Kier molecular flexibility index (Phi) is 3.52. The fourth-order valence-corrected chi connectivity index (χ4v) is 1.16. The van der Waals surface area contributed by atoms with Gasteiger partial charge in [0.25, 0.3) is 0 Å². The van der Waals surface area contributed by atoms with Crippen LogP contribution in [0, 0.1) is 17.7 Å². The molecule has 13 heavy (non-hydrogen) atoms. The van der Waals surface area contributed by atoms with Crippen molar-refractivity contribution in [2.75, 3.05) is 0 Å². The summed E-state index contributed by atoms with van der Waals surface area (Å²) < 4.78 is 12.6. The summed E-state index contributed by atoms with van der Waals surface area (Å²) in [5, 5.41) is 0. The standard InChI is InChI=1S/C12H13F/c1-3-4-5-10(2)11-6-8-12(13)9-7-11/h6-10H,5H2,1-2H3. The summed E-state index contributed by atoms with van der Waals surface area (Å²) >= 11 is 0. The monoisotopic (exact) mass is 176 g/mol. The van der Waals surface area contributed by atoms with Gasteiger partial charge in [-0.25, -0.2) is 4.39 Å². The van der Waals surface area contributed by atoms with Crippen LogP contribution in [0.25, 0.3) is 0 Å². The molecule has 0 heterocycles. The first kappa shape index (κ1) is 9.80. The third kappa shape index (κ3) is 2.91. The van der Waals surface area contributed by atoms with Crippen LogP contribution in [0.15, 0.2) is 24.3 Å². The Hall–Kier alpha value is -1.29. The average Bonchev–Trinajstić information content (AvgIpc) is 2.15. The molecule has 1 unspecified atom stereocenters. The molecule has 1 rings (SSSR count). The van der Waals surface area contributed by atoms with Gasteiger partial charge in [0.1, 0.15) is 5.82 Å². The zero-order chi connectivity index (χ0) is 9.68. The van der Waals surface area contributed by atoms with Gasteiger partial charge in [0.15, 0.2) is 0 Å². The topological polar surface area (TPSA) is 0 Å². The van der Waals surface area contributed by atoms with Gasteiger partial charge in [0.2, 0.25) is 0 Å². The van der Waals surface area contributed by atoms with Crippen molar-refractivity contribution in [1.82, 2.24) is 0 Å². The van der Waals surface area contributed by atoms with Gasteiger partial charge >= 0.3 is 0 Å². The Bertz CT molecular complexity index is 313. The molecule has 0 saturated carbocycles. The van der Waals surface area contributed by atoms with E-state index in [4.69, 9.17) is 0 Å². The quantitative estimate of drug-likeness (QED) is 0.606. The predicted octanol–water partition coefficient (Wildman–Crippen LogP) is 3.34. The van der Waals surface area contributed by atoms with Gasteiger partial charge in [-0.3, -0.25) is 0 Å². The lowest BCUT2D eigenvalue weighted by atomic mass is 9.98. The molecule has 0 amide bonds. The number of rotatable bonds is 2. The summed E-state index contributed by atoms with van der Waals surface area (Å²) in [6.07, 6.45) is 0.835. The highest BCUT2D eigenvalue weighted by molar-refractivity contribution is 5.21. The van der Waals surface area contributed by atoms with E-state index in [1.54, 1.807) is 0 Å². The predicted molar refractivity (Wildman–Crippen MR) is 52.9 cm³/mol. The highest BCUT2D eigenvalue weighted by Gasteiger charge is 2.02. The number of hydrogen-bond donors (Lipinski definition) is 0. The minimum absolute atomic E-state index is 0.183. The summed E-state index contributed by atoms with van der Waals surface area (Å²) in [6.45, 7) is 3.93. The molecule has 1 aromatic carbocycles. The van der Waals surface area contributed by atoms with Gasteiger partial charge in [0, 0.05) is 6.42 Å². The van der Waals surface area contributed by atoms with Crippen molar-refractivity contribution in [3.8, 4) is 11.8 Å². The Morgan fingerprint density at radius 3 is 2.46 bits per heavy atom. The molecule has 0 aliphatic carbocycles. The Morgan fingerprint density at radius 1 is 1.31 bits per heavy atom. The molecule has 1 atom stereocenters. The van der Waals surface area contributed by atoms with Crippen LogP contribution in [0.3, 0.4) is 0 Å². The second-order valence-corrected chi connectivity index (χ2v) is 3.08. The molecule has 0 radical (unpaired) electrons. The molecule has 0 spiro atoms. The SMILES string of the molecule is CC#CCC(C)c1ccc(F)cc1. The van der Waals surface area contributed by atoms with E-state index in [1.807, 2.05) is 19.1 Å². The van der Waals surface area contributed by atoms with Crippen LogP contribution < -0.4 is 0 Å². The Labute approximate surface area is 78.8 Å². The third-order valence-electron chi connectivity index (χ3n) is 2.02. The fourth-order valence-electron chi connectivity index (χ4n) is 1.16. The molecule has 1 heteroatoms. The maximum Gasteiger partial charge on any atom is 0.123 e. The van der Waals surface area contributed by atoms with Crippen molar-refractivity contribution in [1.29, 1.82) is 0 Å². The van der Waals surface area contributed by atoms with Gasteiger partial charge in [-0.15, -0.1) is 11.8 Å². The van der Waals surface area contributed by atoms with Gasteiger partial charge in [-0.2, -0.15) is 0 Å². The van der Waals surface area contributed by atoms with Crippen LogP contribution in [0.2, 0.25) is 0 Å². The van der Waals surface area contributed by atoms with Crippen molar-refractivity contribution in [3.05, 3.63) is 35.6 Å². The van der Waals surface area contributed by atoms with E-state index in [0.717, 1.165) is 12.0 Å². The average molecular weight is 176 g/mol. The molecule has 0 nitrogen and oxygen atoms in total. The van der Waals surface area contributed by atoms with Crippen LogP contribution in [0.5, 0.6) is 0 Å². The van der Waals surface area contributed by atoms with E-state index in [2.05, 4.69) is 18.8 Å². The maximum atomic E-state index is 12.6. The smallest absolute Gasteiger partial charge is 0.123 e. The third-order valence-corrected chi connectivity index (χ3v) is 2.02. The van der Waals surface area contributed by atoms with Gasteiger partial charge < -0.3 is 0 Å². The van der Waals surface area contributed by atoms with Gasteiger partial charge in [-0.1, -0.05) is 19.1 Å². The summed E-state index contributed by atoms with van der Waals surface area (Å²) in [7, 11) is 0. The zero-order valence-corrected chi connectivity index (χ0v) is 7.97. The number of hydrogen-bond acceptors (Lipinski definition) is 0. The van der Waals surface area contributed by atoms with E-state index in [1.165, 1.54) is 12.1 Å². The number of benzene rings is 1. The van der Waals surface area contributed by atoms with Crippen molar-refractivity contribution >= 4 is 0 Å². The first-order valence-corrected chi connectivity index (χ1v) is 4.39. The molecule has 0 aliphatic rings. The van der Waals surface area contributed by atoms with Crippen molar-refractivity contribution < 1.29 is 4.39 Å². The minimum atomic E-state index is -0.183. The maximum absolute atomic E-state index is 12.6. The van der Waals surface area contributed by atoms with Crippen molar-refractivity contribution in [2.24, 2.45) is 0 Å². The normalized spacial score (nSPS) is 11.6. The zero-order valence-electron chi connectivity index (χ0n) is 7.97. The van der Waals surface area contributed by atoms with E-state index in [0.29, 0.717) is 5.92 Å². The summed E-state index contributed by atoms with van der Waals surface area (Å²) in [5.74, 6) is 6.07.